The van der Waals surface area contributed by atoms with E-state index in [-0.39, 0.29) is 11.7 Å². The molecule has 15 heavy (non-hydrogen) atoms. The van der Waals surface area contributed by atoms with Crippen LogP contribution >= 0.6 is 0 Å². The zero-order chi connectivity index (χ0) is 11.6. The van der Waals surface area contributed by atoms with Crippen LogP contribution in [-0.4, -0.2) is 49.8 Å². The molecule has 0 aliphatic carbocycles. The summed E-state index contributed by atoms with van der Waals surface area (Å²) < 4.78 is 21.4. The van der Waals surface area contributed by atoms with E-state index in [2.05, 4.69) is 0 Å². The van der Waals surface area contributed by atoms with Crippen molar-refractivity contribution in [3.8, 4) is 0 Å². The van der Waals surface area contributed by atoms with Crippen LogP contribution in [0.15, 0.2) is 0 Å². The summed E-state index contributed by atoms with van der Waals surface area (Å²) in [5.74, 6) is -1.28. The molecule has 2 unspecified atom stereocenters. The molecule has 1 heterocycles. The molecule has 3 N–H and O–H groups in total. The topological polar surface area (TPSA) is 101 Å². The lowest BCUT2D eigenvalue weighted by Gasteiger charge is -2.13. The second-order valence-corrected chi connectivity index (χ2v) is 5.78. The van der Waals surface area contributed by atoms with Gasteiger partial charge in [0, 0.05) is 19.6 Å². The number of carbonyl (C=O) groups is 1. The van der Waals surface area contributed by atoms with Gasteiger partial charge in [-0.25, -0.2) is 13.6 Å². The van der Waals surface area contributed by atoms with Gasteiger partial charge in [0.15, 0.2) is 0 Å². The Labute approximate surface area is 89.1 Å². The van der Waals surface area contributed by atoms with Gasteiger partial charge in [-0.2, -0.15) is 0 Å². The molecule has 1 aliphatic rings. The number of sulfonamides is 1. The first-order valence-electron chi connectivity index (χ1n) is 4.75. The van der Waals surface area contributed by atoms with E-state index < -0.39 is 21.9 Å². The molecule has 88 valence electrons. The molecule has 1 fully saturated rings. The molecule has 6 nitrogen and oxygen atoms in total. The summed E-state index contributed by atoms with van der Waals surface area (Å²) in [6.45, 7) is 3.20. The van der Waals surface area contributed by atoms with E-state index in [4.69, 9.17) is 10.2 Å². The van der Waals surface area contributed by atoms with Crippen LogP contribution in [0.3, 0.4) is 0 Å². The maximum atomic E-state index is 10.8. The Morgan fingerprint density at radius 1 is 1.53 bits per heavy atom. The van der Waals surface area contributed by atoms with Crippen molar-refractivity contribution >= 4 is 16.0 Å². The van der Waals surface area contributed by atoms with E-state index in [9.17, 15) is 13.2 Å². The van der Waals surface area contributed by atoms with Crippen LogP contribution in [-0.2, 0) is 14.8 Å². The molecule has 0 radical (unpaired) electrons. The van der Waals surface area contributed by atoms with Crippen molar-refractivity contribution in [1.82, 2.24) is 4.90 Å². The second-order valence-electron chi connectivity index (χ2n) is 4.05. The minimum absolute atomic E-state index is 0.0583. The van der Waals surface area contributed by atoms with Gasteiger partial charge in [0.05, 0.1) is 11.7 Å². The van der Waals surface area contributed by atoms with Crippen molar-refractivity contribution in [2.75, 3.05) is 25.4 Å². The van der Waals surface area contributed by atoms with Crippen LogP contribution in [0.25, 0.3) is 0 Å². The Hall–Kier alpha value is -0.660. The number of carboxylic acid groups (broad SMARTS) is 1. The van der Waals surface area contributed by atoms with Gasteiger partial charge in [0.1, 0.15) is 0 Å². The van der Waals surface area contributed by atoms with Crippen LogP contribution < -0.4 is 5.14 Å². The number of nitrogens with two attached hydrogens (primary N) is 1. The second kappa shape index (κ2) is 4.46. The zero-order valence-electron chi connectivity index (χ0n) is 8.59. The van der Waals surface area contributed by atoms with Gasteiger partial charge < -0.3 is 10.0 Å². The largest absolute Gasteiger partial charge is 0.481 e. The van der Waals surface area contributed by atoms with Crippen molar-refractivity contribution < 1.29 is 18.3 Å². The molecule has 0 aromatic rings. The van der Waals surface area contributed by atoms with E-state index >= 15 is 0 Å². The van der Waals surface area contributed by atoms with Crippen molar-refractivity contribution in [3.63, 3.8) is 0 Å². The fraction of sp³-hybridized carbons (Fsp3) is 0.875. The molecule has 1 saturated heterocycles. The lowest BCUT2D eigenvalue weighted by atomic mass is 9.99. The highest BCUT2D eigenvalue weighted by Crippen LogP contribution is 2.22. The summed E-state index contributed by atoms with van der Waals surface area (Å²) in [4.78, 5) is 12.6. The van der Waals surface area contributed by atoms with E-state index in [1.807, 2.05) is 11.8 Å². The first-order chi connectivity index (χ1) is 6.79. The van der Waals surface area contributed by atoms with Crippen molar-refractivity contribution in [3.05, 3.63) is 0 Å². The smallest absolute Gasteiger partial charge is 0.308 e. The highest BCUT2D eigenvalue weighted by Gasteiger charge is 2.34. The molecular formula is C8H16N2O4S. The van der Waals surface area contributed by atoms with Crippen LogP contribution in [0.5, 0.6) is 0 Å². The van der Waals surface area contributed by atoms with E-state index in [0.717, 1.165) is 0 Å². The molecule has 0 aromatic carbocycles. The van der Waals surface area contributed by atoms with E-state index in [0.29, 0.717) is 19.6 Å². The lowest BCUT2D eigenvalue weighted by Crippen LogP contribution is -2.31. The highest BCUT2D eigenvalue weighted by atomic mass is 32.2. The Kier molecular flexibility index (Phi) is 3.69. The molecule has 0 saturated carbocycles. The molecule has 1 aliphatic heterocycles. The van der Waals surface area contributed by atoms with Crippen LogP contribution in [0.1, 0.15) is 6.92 Å². The molecule has 0 bridgehead atoms. The van der Waals surface area contributed by atoms with Gasteiger partial charge in [-0.15, -0.1) is 0 Å². The number of likely N-dealkylation sites (tertiary alicyclic amines) is 1. The zero-order valence-corrected chi connectivity index (χ0v) is 9.40. The average molecular weight is 236 g/mol. The summed E-state index contributed by atoms with van der Waals surface area (Å²) in [6.07, 6.45) is 0. The van der Waals surface area contributed by atoms with Crippen molar-refractivity contribution in [2.45, 2.75) is 6.92 Å². The number of carboxylic acids is 1. The third-order valence-corrected chi connectivity index (χ3v) is 3.45. The Balaban J connectivity index is 2.45. The Morgan fingerprint density at radius 3 is 2.53 bits per heavy atom. The van der Waals surface area contributed by atoms with Gasteiger partial charge in [-0.3, -0.25) is 4.79 Å². The molecule has 0 spiro atoms. The summed E-state index contributed by atoms with van der Waals surface area (Å²) in [5, 5.41) is 13.7. The molecule has 0 amide bonds. The van der Waals surface area contributed by atoms with Crippen LogP contribution in [0, 0.1) is 11.8 Å². The van der Waals surface area contributed by atoms with Crippen LogP contribution in [0.4, 0.5) is 0 Å². The fourth-order valence-electron chi connectivity index (χ4n) is 1.83. The predicted octanol–water partition coefficient (Wildman–Crippen LogP) is -1.07. The number of nitrogens with zero attached hydrogens (tertiary/aromatic N) is 1. The summed E-state index contributed by atoms with van der Waals surface area (Å²) in [6, 6.07) is 0. The van der Waals surface area contributed by atoms with Gasteiger partial charge in [-0.05, 0) is 5.92 Å². The molecule has 2 atom stereocenters. The maximum Gasteiger partial charge on any atom is 0.308 e. The predicted molar refractivity (Wildman–Crippen MR) is 54.7 cm³/mol. The molecule has 0 aromatic heterocycles. The fourth-order valence-corrected chi connectivity index (χ4v) is 2.34. The Morgan fingerprint density at radius 2 is 2.13 bits per heavy atom. The van der Waals surface area contributed by atoms with E-state index in [1.54, 1.807) is 0 Å². The first-order valence-corrected chi connectivity index (χ1v) is 6.47. The number of primary sulfonamides is 1. The average Bonchev–Trinajstić information content (AvgIpc) is 2.42. The summed E-state index contributed by atoms with van der Waals surface area (Å²) in [7, 11) is -3.46. The third-order valence-electron chi connectivity index (χ3n) is 2.70. The first kappa shape index (κ1) is 12.4. The summed E-state index contributed by atoms with van der Waals surface area (Å²) >= 11 is 0. The van der Waals surface area contributed by atoms with Crippen LogP contribution in [0.2, 0.25) is 0 Å². The Bertz CT molecular complexity index is 341. The minimum Gasteiger partial charge on any atom is -0.481 e. The third kappa shape index (κ3) is 3.77. The molecule has 7 heteroatoms. The molecular weight excluding hydrogens is 220 g/mol. The number of hydrogen-bond donors (Lipinski definition) is 2. The summed E-state index contributed by atoms with van der Waals surface area (Å²) in [5.41, 5.74) is 0. The molecule has 1 rings (SSSR count). The van der Waals surface area contributed by atoms with Gasteiger partial charge in [-0.1, -0.05) is 6.92 Å². The minimum atomic E-state index is -3.46. The quantitative estimate of drug-likeness (QED) is 0.647. The van der Waals surface area contributed by atoms with Crippen molar-refractivity contribution in [2.24, 2.45) is 17.0 Å². The maximum absolute atomic E-state index is 10.8. The monoisotopic (exact) mass is 236 g/mol. The van der Waals surface area contributed by atoms with Crippen molar-refractivity contribution in [1.29, 1.82) is 0 Å². The van der Waals surface area contributed by atoms with Gasteiger partial charge >= 0.3 is 5.97 Å². The van der Waals surface area contributed by atoms with E-state index in [1.165, 1.54) is 0 Å². The standard InChI is InChI=1S/C8H16N2O4S/c1-6-4-10(2-3-15(9,13)14)5-7(6)8(11)12/h6-7H,2-5H2,1H3,(H,11,12)(H2,9,13,14). The lowest BCUT2D eigenvalue weighted by molar-refractivity contribution is -0.142. The SMILES string of the molecule is CC1CN(CCS(N)(=O)=O)CC1C(=O)O. The van der Waals surface area contributed by atoms with Gasteiger partial charge in [0.2, 0.25) is 10.0 Å². The highest BCUT2D eigenvalue weighted by molar-refractivity contribution is 7.89. The normalized spacial score (nSPS) is 28.1. The number of hydrogen-bond acceptors (Lipinski definition) is 4. The number of rotatable bonds is 4. The number of aliphatic carboxylic acids is 1. The van der Waals surface area contributed by atoms with Gasteiger partial charge in [0.25, 0.3) is 0 Å².